The maximum absolute atomic E-state index is 11.3. The van der Waals surface area contributed by atoms with E-state index in [9.17, 15) is 67.4 Å². The number of rotatable bonds is 37. The first-order chi connectivity index (χ1) is 50.4. The van der Waals surface area contributed by atoms with Gasteiger partial charge < -0.3 is 67.1 Å². The van der Waals surface area contributed by atoms with Gasteiger partial charge in [0.25, 0.3) is 0 Å². The monoisotopic (exact) mass is 1490 g/mol. The molecule has 0 amide bonds. The predicted octanol–water partition coefficient (Wildman–Crippen LogP) is 10.4. The first-order valence-corrected chi connectivity index (χ1v) is 32.3. The third kappa shape index (κ3) is 44.2. The lowest BCUT2D eigenvalue weighted by Crippen LogP contribution is -2.43. The fraction of sp³-hybridized carbons (Fsp3) is 0.338. The third-order valence-electron chi connectivity index (χ3n) is 14.8. The molecule has 0 heterocycles. The Balaban J connectivity index is -0.00000121. The minimum atomic E-state index is -1.34. The van der Waals surface area contributed by atoms with E-state index in [0.717, 1.165) is 84.4 Å². The molecule has 0 radical (unpaired) electrons. The summed E-state index contributed by atoms with van der Waals surface area (Å²) in [6.07, 6.45) is 19.7. The van der Waals surface area contributed by atoms with Crippen molar-refractivity contribution < 1.29 is 129 Å². The summed E-state index contributed by atoms with van der Waals surface area (Å²) in [5.41, 5.74) is 0.954. The molecule has 0 aliphatic heterocycles. The van der Waals surface area contributed by atoms with Gasteiger partial charge in [-0.05, 0) is 84.6 Å². The molecule has 2 N–H and O–H groups in total. The van der Waals surface area contributed by atoms with Gasteiger partial charge >= 0.3 is 71.6 Å². The van der Waals surface area contributed by atoms with Crippen LogP contribution in [0.1, 0.15) is 83.6 Å². The lowest BCUT2D eigenvalue weighted by atomic mass is 9.70. The fourth-order valence-corrected chi connectivity index (χ4v) is 8.41. The third-order valence-corrected chi connectivity index (χ3v) is 14.8. The second-order valence-corrected chi connectivity index (χ2v) is 23.6. The SMILES string of the molecule is C=CC(=O)OC/C=C\COC(=O)C=C.C=CC(=O)OC1CC2CCC1(C)C2(C)C.C=CC(=O)OCC(C)(C)COC(=O)C=C.C=CC(=O)OCC(COC(=O)C=C)(COC(=O)C=C)COC(=O)C=C.C=CC(=O)OCC(OC(=O)C=C)c1ccc(O)cc1.C=CC(=O)OCc1cccc(CO)c1.C=CC(C)=O. The Morgan fingerprint density at radius 1 is 0.467 bits per heavy atom. The maximum Gasteiger partial charge on any atom is 0.330 e. The van der Waals surface area contributed by atoms with E-state index >= 15 is 0 Å². The van der Waals surface area contributed by atoms with Crippen molar-refractivity contribution in [2.45, 2.75) is 86.2 Å². The molecule has 2 aliphatic carbocycles. The largest absolute Gasteiger partial charge is 0.508 e. The van der Waals surface area contributed by atoms with Gasteiger partial charge in [0.15, 0.2) is 11.9 Å². The van der Waals surface area contributed by atoms with Crippen molar-refractivity contribution in [3.05, 3.63) is 242 Å². The number of allylic oxidation sites excluding steroid dienone is 1. The molecule has 0 aromatic heterocycles. The van der Waals surface area contributed by atoms with E-state index in [1.165, 1.54) is 44.1 Å². The zero-order chi connectivity index (χ0) is 82.2. The number of phenols is 1. The molecule has 0 saturated heterocycles. The molecule has 4 rings (SSSR count). The highest BCUT2D eigenvalue weighted by molar-refractivity contribution is 5.87. The zero-order valence-electron chi connectivity index (χ0n) is 61.7. The number of hydrogen-bond acceptors (Lipinski definition) is 27. The summed E-state index contributed by atoms with van der Waals surface area (Å²) in [7, 11) is 0. The number of aromatic hydroxyl groups is 1. The number of ketones is 1. The van der Waals surface area contributed by atoms with Gasteiger partial charge in [-0.15, -0.1) is 0 Å². The highest BCUT2D eigenvalue weighted by atomic mass is 16.6. The predicted molar refractivity (Wildman–Crippen MR) is 395 cm³/mol. The molecule has 4 unspecified atom stereocenters. The van der Waals surface area contributed by atoms with Crippen LogP contribution in [0.3, 0.4) is 0 Å². The first-order valence-electron chi connectivity index (χ1n) is 32.3. The van der Waals surface area contributed by atoms with E-state index in [-0.39, 0.29) is 102 Å². The van der Waals surface area contributed by atoms with Crippen molar-refractivity contribution in [3.8, 4) is 5.75 Å². The van der Waals surface area contributed by atoms with Crippen molar-refractivity contribution in [1.82, 2.24) is 0 Å². The number of carbonyl (C=O) groups excluding carboxylic acids is 13. The number of carbonyl (C=O) groups is 13. The number of esters is 12. The zero-order valence-corrected chi connectivity index (χ0v) is 61.7. The van der Waals surface area contributed by atoms with Gasteiger partial charge in [-0.1, -0.05) is 157 Å². The van der Waals surface area contributed by atoms with Crippen LogP contribution in [0.2, 0.25) is 0 Å². The summed E-state index contributed by atoms with van der Waals surface area (Å²) in [6.45, 7) is 53.7. The van der Waals surface area contributed by atoms with Crippen LogP contribution in [-0.2, 0) is 132 Å². The quantitative estimate of drug-likeness (QED) is 0.0275. The van der Waals surface area contributed by atoms with Crippen molar-refractivity contribution >= 4 is 77.4 Å². The van der Waals surface area contributed by atoms with Gasteiger partial charge in [0.1, 0.15) is 70.1 Å². The molecule has 2 fully saturated rings. The van der Waals surface area contributed by atoms with Gasteiger partial charge in [0, 0.05) is 83.7 Å². The standard InChI is InChI=1S/C17H20O8.C14H14O5.C13H20O2.C11H16O4.C11H12O3.C10H12O4.C4H6O/c1-5-13(18)22-9-17(10-23-14(19)6-2,11-24-15(20)7-3)12-25-16(21)8-4;1-3-13(16)18-9-12(19-14(17)4-2)10-5-7-11(15)8-6-10;1-5-11(14)15-10-8-9-6-7-13(10,4)12(9,2)3;1-5-9(12)14-7-11(3,4)8-15-10(13)6-2;1-2-11(13)14-8-10-5-3-4-9(6-10)7-12;1-3-9(11)13-7-5-6-8-14-10(12)4-2;1-3-4(2)5/h5-8H,1-4,9-12H2;3-8,12,15H,1-2,9H2;5,9-10H,1,6-8H2,2-4H3;5-6H,1-2,7-8H2,3-4H3;2-6,12H,1,7-8H2;3-6H,1-2,7-8H2;3H,1H2,2H3/b;;;;;6-5-;. The number of hydrogen-bond donors (Lipinski definition) is 2. The Kier molecular flexibility index (Phi) is 51.3. The first kappa shape index (κ1) is 99.0. The van der Waals surface area contributed by atoms with Gasteiger partial charge in [0.2, 0.25) is 0 Å². The second kappa shape index (κ2) is 55.4. The normalized spacial score (nSPS) is 14.3. The number of fused-ring (bicyclic) bond motifs is 2. The molecule has 2 aromatic rings. The van der Waals surface area contributed by atoms with Crippen LogP contribution in [0.25, 0.3) is 0 Å². The summed E-state index contributed by atoms with van der Waals surface area (Å²) in [4.78, 5) is 142. The Morgan fingerprint density at radius 2 is 0.813 bits per heavy atom. The van der Waals surface area contributed by atoms with E-state index < -0.39 is 82.6 Å². The Morgan fingerprint density at radius 3 is 1.15 bits per heavy atom. The molecule has 2 aromatic carbocycles. The van der Waals surface area contributed by atoms with Gasteiger partial charge in [0.05, 0.1) is 19.8 Å². The smallest absolute Gasteiger partial charge is 0.330 e. The van der Waals surface area contributed by atoms with Gasteiger partial charge in [-0.25, -0.2) is 57.5 Å². The molecule has 27 heteroatoms. The molecule has 2 saturated carbocycles. The molecule has 2 bridgehead atoms. The lowest BCUT2D eigenvalue weighted by molar-refractivity contribution is -0.165. The Bertz CT molecular complexity index is 3300. The molecule has 582 valence electrons. The van der Waals surface area contributed by atoms with Crippen LogP contribution in [0.5, 0.6) is 5.75 Å². The average molecular weight is 1490 g/mol. The van der Waals surface area contributed by atoms with Crippen LogP contribution in [0.4, 0.5) is 0 Å². The van der Waals surface area contributed by atoms with E-state index in [1.54, 1.807) is 36.4 Å². The van der Waals surface area contributed by atoms with E-state index in [1.807, 2.05) is 26.0 Å². The minimum absolute atomic E-state index is 0.0107. The lowest BCUT2D eigenvalue weighted by Gasteiger charge is -2.38. The van der Waals surface area contributed by atoms with Gasteiger partial charge in [-0.3, -0.25) is 4.79 Å². The van der Waals surface area contributed by atoms with Crippen molar-refractivity contribution in [2.75, 3.05) is 59.5 Å². The molecule has 27 nitrogen and oxygen atoms in total. The molecular weight excluding hydrogens is 1390 g/mol. The molecule has 107 heavy (non-hydrogen) atoms. The topological polar surface area (TPSA) is 373 Å². The molecular formula is C80H100O27. The summed E-state index contributed by atoms with van der Waals surface area (Å²) >= 11 is 0. The van der Waals surface area contributed by atoms with Crippen LogP contribution in [-0.4, -0.2) is 153 Å². The second-order valence-electron chi connectivity index (χ2n) is 23.6. The highest BCUT2D eigenvalue weighted by Crippen LogP contribution is 2.66. The number of benzene rings is 2. The summed E-state index contributed by atoms with van der Waals surface area (Å²) < 4.78 is 59.0. The van der Waals surface area contributed by atoms with Gasteiger partial charge in [-0.2, -0.15) is 0 Å². The number of aliphatic hydroxyl groups excluding tert-OH is 1. The summed E-state index contributed by atoms with van der Waals surface area (Å²) in [6, 6.07) is 13.3. The number of ether oxygens (including phenoxy) is 12. The average Bonchev–Trinajstić information content (AvgIpc) is 1.56. The highest BCUT2D eigenvalue weighted by Gasteiger charge is 2.62. The van der Waals surface area contributed by atoms with E-state index in [0.29, 0.717) is 16.9 Å². The minimum Gasteiger partial charge on any atom is -0.508 e. The van der Waals surface area contributed by atoms with E-state index in [4.69, 9.17) is 52.5 Å². The fourth-order valence-electron chi connectivity index (χ4n) is 8.41. The van der Waals surface area contributed by atoms with Crippen LogP contribution < -0.4 is 0 Å². The Labute approximate surface area is 625 Å². The van der Waals surface area contributed by atoms with Crippen LogP contribution >= 0.6 is 0 Å². The number of aliphatic hydroxyl groups is 1. The maximum atomic E-state index is 11.3. The summed E-state index contributed by atoms with van der Waals surface area (Å²) in [5.74, 6) is -6.14. The molecule has 0 spiro atoms. The van der Waals surface area contributed by atoms with Crippen molar-refractivity contribution in [3.63, 3.8) is 0 Å². The van der Waals surface area contributed by atoms with Crippen molar-refractivity contribution in [2.24, 2.45) is 27.6 Å². The molecule has 2 aliphatic rings. The molecule has 4 atom stereocenters. The van der Waals surface area contributed by atoms with Crippen LogP contribution in [0, 0.1) is 27.6 Å². The Hall–Kier alpha value is -12.1. The van der Waals surface area contributed by atoms with Crippen LogP contribution in [0.15, 0.2) is 225 Å². The van der Waals surface area contributed by atoms with Crippen molar-refractivity contribution in [1.29, 1.82) is 0 Å². The van der Waals surface area contributed by atoms with E-state index in [2.05, 4.69) is 116 Å². The summed E-state index contributed by atoms with van der Waals surface area (Å²) in [5, 5.41) is 18.1. The number of phenolic OH excluding ortho intramolecular Hbond substituents is 1.